The van der Waals surface area contributed by atoms with E-state index in [1.165, 1.54) is 109 Å². The molecule has 0 amide bonds. The molecule has 164 valence electrons. The Morgan fingerprint density at radius 1 is 0.593 bits per heavy atom. The maximum absolute atomic E-state index is 6.27. The minimum atomic E-state index is -1.94. The van der Waals surface area contributed by atoms with Gasteiger partial charge in [0.1, 0.15) is 0 Å². The lowest BCUT2D eigenvalue weighted by Crippen LogP contribution is -2.38. The fourth-order valence-electron chi connectivity index (χ4n) is 3.70. The van der Waals surface area contributed by atoms with E-state index in [0.29, 0.717) is 6.10 Å². The maximum Gasteiger partial charge on any atom is 0.331 e. The lowest BCUT2D eigenvalue weighted by Gasteiger charge is -2.27. The van der Waals surface area contributed by atoms with Crippen molar-refractivity contribution in [2.75, 3.05) is 6.61 Å². The van der Waals surface area contributed by atoms with Crippen molar-refractivity contribution in [1.29, 1.82) is 0 Å². The van der Waals surface area contributed by atoms with Crippen molar-refractivity contribution >= 4 is 8.56 Å². The Bertz CT molecular complexity index is 294. The van der Waals surface area contributed by atoms with Crippen molar-refractivity contribution in [3.05, 3.63) is 0 Å². The lowest BCUT2D eigenvalue weighted by molar-refractivity contribution is 0.122. The average molecular weight is 401 g/mol. The van der Waals surface area contributed by atoms with Gasteiger partial charge >= 0.3 is 8.56 Å². The predicted octanol–water partition coefficient (Wildman–Crippen LogP) is 8.78. The van der Waals surface area contributed by atoms with Crippen LogP contribution in [0.5, 0.6) is 0 Å². The van der Waals surface area contributed by atoms with Gasteiger partial charge in [-0.25, -0.2) is 0 Å². The summed E-state index contributed by atoms with van der Waals surface area (Å²) < 4.78 is 12.4. The second kappa shape index (κ2) is 19.5. The highest BCUT2D eigenvalue weighted by molar-refractivity contribution is 6.64. The summed E-state index contributed by atoms with van der Waals surface area (Å²) in [7, 11) is -1.94. The van der Waals surface area contributed by atoms with Crippen LogP contribution in [0.1, 0.15) is 130 Å². The summed E-state index contributed by atoms with van der Waals surface area (Å²) in [6.45, 7) is 12.1. The van der Waals surface area contributed by atoms with Gasteiger partial charge in [0.05, 0.1) is 0 Å². The lowest BCUT2D eigenvalue weighted by atomic mass is 10.1. The molecule has 0 saturated carbocycles. The van der Waals surface area contributed by atoms with Gasteiger partial charge < -0.3 is 8.85 Å². The second-order valence-corrected chi connectivity index (χ2v) is 12.2. The summed E-state index contributed by atoms with van der Waals surface area (Å²) in [5.74, 6) is 0. The van der Waals surface area contributed by atoms with Gasteiger partial charge in [-0.2, -0.15) is 0 Å². The van der Waals surface area contributed by atoms with Crippen molar-refractivity contribution in [3.8, 4) is 0 Å². The molecular formula is C24H52O2Si. The van der Waals surface area contributed by atoms with Crippen LogP contribution < -0.4 is 0 Å². The molecule has 0 N–H and O–H groups in total. The van der Waals surface area contributed by atoms with Gasteiger partial charge in [-0.1, -0.05) is 110 Å². The molecule has 0 aromatic rings. The van der Waals surface area contributed by atoms with E-state index in [4.69, 9.17) is 8.85 Å². The Morgan fingerprint density at radius 3 is 1.48 bits per heavy atom. The minimum Gasteiger partial charge on any atom is -0.395 e. The average Bonchev–Trinajstić information content (AvgIpc) is 2.62. The van der Waals surface area contributed by atoms with Crippen LogP contribution in [0.2, 0.25) is 13.1 Å². The summed E-state index contributed by atoms with van der Waals surface area (Å²) in [4.78, 5) is 0. The van der Waals surface area contributed by atoms with E-state index in [1.54, 1.807) is 0 Å². The van der Waals surface area contributed by atoms with E-state index in [1.807, 2.05) is 0 Å². The molecule has 3 heteroatoms. The molecule has 0 bridgehead atoms. The normalized spacial score (nSPS) is 13.2. The van der Waals surface area contributed by atoms with E-state index in [-0.39, 0.29) is 0 Å². The van der Waals surface area contributed by atoms with E-state index in [0.717, 1.165) is 6.61 Å². The molecule has 0 fully saturated rings. The third kappa shape index (κ3) is 20.7. The van der Waals surface area contributed by atoms with Crippen molar-refractivity contribution in [3.63, 3.8) is 0 Å². The Kier molecular flexibility index (Phi) is 19.6. The molecule has 0 spiro atoms. The number of unbranched alkanes of at least 4 members (excludes halogenated alkanes) is 14. The van der Waals surface area contributed by atoms with Gasteiger partial charge in [-0.3, -0.25) is 0 Å². The van der Waals surface area contributed by atoms with Crippen LogP contribution in [0.15, 0.2) is 0 Å². The molecule has 27 heavy (non-hydrogen) atoms. The van der Waals surface area contributed by atoms with Gasteiger partial charge in [0.25, 0.3) is 0 Å². The topological polar surface area (TPSA) is 18.5 Å². The van der Waals surface area contributed by atoms with E-state index in [9.17, 15) is 0 Å². The van der Waals surface area contributed by atoms with Crippen LogP contribution in [0.4, 0.5) is 0 Å². The Morgan fingerprint density at radius 2 is 1.00 bits per heavy atom. The predicted molar refractivity (Wildman–Crippen MR) is 124 cm³/mol. The molecule has 0 aliphatic heterocycles. The summed E-state index contributed by atoms with van der Waals surface area (Å²) in [6.07, 6.45) is 23.5. The standard InChI is InChI=1S/C24H52O2Si/c1-6-8-10-12-14-15-16-17-19-21-23-25-27(4,5)26-24(3)22-20-18-13-11-9-7-2/h24H,6-23H2,1-5H3. The third-order valence-electron chi connectivity index (χ3n) is 5.40. The Hall–Kier alpha value is 0.137. The Balaban J connectivity index is 3.48. The fraction of sp³-hybridized carbons (Fsp3) is 1.00. The molecule has 0 aliphatic rings. The van der Waals surface area contributed by atoms with Crippen molar-refractivity contribution < 1.29 is 8.85 Å². The van der Waals surface area contributed by atoms with Crippen molar-refractivity contribution in [2.24, 2.45) is 0 Å². The fourth-order valence-corrected chi connectivity index (χ4v) is 5.49. The first-order valence-corrected chi connectivity index (χ1v) is 15.1. The summed E-state index contributed by atoms with van der Waals surface area (Å²) >= 11 is 0. The number of hydrogen-bond acceptors (Lipinski definition) is 2. The first-order valence-electron chi connectivity index (χ1n) is 12.3. The van der Waals surface area contributed by atoms with Crippen LogP contribution >= 0.6 is 0 Å². The van der Waals surface area contributed by atoms with E-state index in [2.05, 4.69) is 33.9 Å². The number of rotatable bonds is 21. The molecule has 0 aromatic carbocycles. The Labute approximate surface area is 173 Å². The molecule has 1 unspecified atom stereocenters. The second-order valence-electron chi connectivity index (χ2n) is 8.92. The first kappa shape index (κ1) is 27.1. The molecule has 0 aliphatic carbocycles. The molecule has 0 radical (unpaired) electrons. The van der Waals surface area contributed by atoms with Gasteiger partial charge in [-0.15, -0.1) is 0 Å². The first-order chi connectivity index (χ1) is 13.0. The molecule has 1 atom stereocenters. The summed E-state index contributed by atoms with van der Waals surface area (Å²) in [6, 6.07) is 0. The zero-order valence-corrected chi connectivity index (χ0v) is 20.6. The van der Waals surface area contributed by atoms with Crippen LogP contribution in [0.25, 0.3) is 0 Å². The molecule has 0 aromatic heterocycles. The van der Waals surface area contributed by atoms with Crippen molar-refractivity contribution in [1.82, 2.24) is 0 Å². The van der Waals surface area contributed by atoms with Gasteiger partial charge in [0.15, 0.2) is 0 Å². The molecule has 0 rings (SSSR count). The highest BCUT2D eigenvalue weighted by Crippen LogP contribution is 2.17. The van der Waals surface area contributed by atoms with Crippen LogP contribution in [0, 0.1) is 0 Å². The van der Waals surface area contributed by atoms with Crippen LogP contribution in [-0.4, -0.2) is 21.3 Å². The van der Waals surface area contributed by atoms with Crippen LogP contribution in [-0.2, 0) is 8.85 Å². The highest BCUT2D eigenvalue weighted by atomic mass is 28.4. The zero-order valence-electron chi connectivity index (χ0n) is 19.6. The molecule has 0 saturated heterocycles. The van der Waals surface area contributed by atoms with Gasteiger partial charge in [0.2, 0.25) is 0 Å². The minimum absolute atomic E-state index is 0.352. The summed E-state index contributed by atoms with van der Waals surface area (Å²) in [5.41, 5.74) is 0. The smallest absolute Gasteiger partial charge is 0.331 e. The van der Waals surface area contributed by atoms with E-state index >= 15 is 0 Å². The zero-order chi connectivity index (χ0) is 20.2. The third-order valence-corrected chi connectivity index (χ3v) is 7.27. The van der Waals surface area contributed by atoms with E-state index < -0.39 is 8.56 Å². The van der Waals surface area contributed by atoms with Gasteiger partial charge in [0, 0.05) is 12.7 Å². The maximum atomic E-state index is 6.27. The molecule has 0 heterocycles. The molecule has 2 nitrogen and oxygen atoms in total. The highest BCUT2D eigenvalue weighted by Gasteiger charge is 2.26. The van der Waals surface area contributed by atoms with Gasteiger partial charge in [-0.05, 0) is 32.9 Å². The quantitative estimate of drug-likeness (QED) is 0.141. The van der Waals surface area contributed by atoms with Crippen LogP contribution in [0.3, 0.4) is 0 Å². The largest absolute Gasteiger partial charge is 0.395 e. The number of hydrogen-bond donors (Lipinski definition) is 0. The monoisotopic (exact) mass is 400 g/mol. The summed E-state index contributed by atoms with van der Waals surface area (Å²) in [5, 5.41) is 0. The molecular weight excluding hydrogens is 348 g/mol. The SMILES string of the molecule is CCCCCCCCCCCCO[Si](C)(C)OC(C)CCCCCCCC. The van der Waals surface area contributed by atoms with Crippen molar-refractivity contribution in [2.45, 2.75) is 149 Å².